The average Bonchev–Trinajstić information content (AvgIpc) is 2.77. The molecule has 9 heteroatoms. The van der Waals surface area contributed by atoms with E-state index in [0.29, 0.717) is 0 Å². The minimum absolute atomic E-state index is 0.595. The van der Waals surface area contributed by atoms with Crippen molar-refractivity contribution < 1.29 is 13.7 Å². The lowest BCUT2D eigenvalue weighted by Gasteiger charge is -2.31. The predicted octanol–water partition coefficient (Wildman–Crippen LogP) is 0.447. The fourth-order valence-electron chi connectivity index (χ4n) is 2.45. The molecule has 0 aliphatic carbocycles. The molecule has 0 amide bonds. The van der Waals surface area contributed by atoms with Crippen molar-refractivity contribution in [3.8, 4) is 0 Å². The van der Waals surface area contributed by atoms with Crippen LogP contribution in [0.15, 0.2) is 73.6 Å². The van der Waals surface area contributed by atoms with Gasteiger partial charge in [0, 0.05) is 37.2 Å². The summed E-state index contributed by atoms with van der Waals surface area (Å²) in [6.07, 6.45) is 10.3. The van der Waals surface area contributed by atoms with Crippen molar-refractivity contribution in [2.24, 2.45) is 0 Å². The molecule has 0 unspecified atom stereocenters. The minimum atomic E-state index is -0.595. The molecule has 0 saturated carbocycles. The van der Waals surface area contributed by atoms with Gasteiger partial charge in [-0.25, -0.2) is 0 Å². The Labute approximate surface area is 154 Å². The van der Waals surface area contributed by atoms with Crippen molar-refractivity contribution >= 4 is 37.7 Å². The van der Waals surface area contributed by atoms with Gasteiger partial charge in [-0.2, -0.15) is 0 Å². The second kappa shape index (κ2) is 9.29. The van der Waals surface area contributed by atoms with Crippen LogP contribution in [0.3, 0.4) is 0 Å². The van der Waals surface area contributed by atoms with E-state index in [4.69, 9.17) is 13.7 Å². The van der Waals surface area contributed by atoms with E-state index < -0.39 is 21.4 Å². The van der Waals surface area contributed by atoms with E-state index in [2.05, 4.69) is 15.0 Å². The predicted molar refractivity (Wildman–Crippen MR) is 103 cm³/mol. The first kappa shape index (κ1) is 18.3. The highest BCUT2D eigenvalue weighted by Gasteiger charge is 2.43. The maximum Gasteiger partial charge on any atom is 0.468 e. The summed E-state index contributed by atoms with van der Waals surface area (Å²) < 4.78 is 17.9. The molecule has 128 valence electrons. The largest absolute Gasteiger partial charge is 0.468 e. The topological polar surface area (TPSA) is 66.4 Å². The summed E-state index contributed by atoms with van der Waals surface area (Å²) in [5, 5.41) is 0. The second-order valence-electron chi connectivity index (χ2n) is 5.26. The van der Waals surface area contributed by atoms with Gasteiger partial charge in [0.25, 0.3) is 0 Å². The molecule has 0 spiro atoms. The van der Waals surface area contributed by atoms with Gasteiger partial charge in [-0.05, 0) is 34.6 Å². The monoisotopic (exact) mass is 345 g/mol. The van der Waals surface area contributed by atoms with Crippen molar-refractivity contribution in [1.29, 1.82) is 0 Å². The molecule has 0 N–H and O–H groups in total. The standard InChI is InChI=1S/C15H12B3N3O3.C2H6/c1-4-13(10-19-7-1)16-22-17(14-5-2-8-20-11-14)24-18(23-16)15-6-3-9-21-12-15;1-2/h1-12H;1-2H3. The maximum atomic E-state index is 5.97. The number of hydrogen-bond acceptors (Lipinski definition) is 6. The van der Waals surface area contributed by atoms with Crippen LogP contribution in [0.5, 0.6) is 0 Å². The lowest BCUT2D eigenvalue weighted by Crippen LogP contribution is -2.61. The zero-order valence-electron chi connectivity index (χ0n) is 14.7. The Balaban J connectivity index is 0.000000948. The Morgan fingerprint density at radius 2 is 0.885 bits per heavy atom. The molecular weight excluding hydrogens is 327 g/mol. The van der Waals surface area contributed by atoms with Gasteiger partial charge in [0.05, 0.1) is 0 Å². The number of pyridine rings is 3. The third-order valence-corrected chi connectivity index (χ3v) is 3.61. The Morgan fingerprint density at radius 3 is 1.12 bits per heavy atom. The molecule has 1 aliphatic heterocycles. The molecule has 0 bridgehead atoms. The number of rotatable bonds is 3. The summed E-state index contributed by atoms with van der Waals surface area (Å²) in [5.41, 5.74) is 2.47. The molecule has 0 aromatic carbocycles. The highest BCUT2D eigenvalue weighted by Crippen LogP contribution is 2.09. The molecular formula is C17H18B3N3O3. The van der Waals surface area contributed by atoms with E-state index in [1.54, 1.807) is 37.2 Å². The molecule has 3 aromatic rings. The van der Waals surface area contributed by atoms with Crippen LogP contribution in [0.2, 0.25) is 0 Å². The lowest BCUT2D eigenvalue weighted by molar-refractivity contribution is 0.308. The molecule has 1 fully saturated rings. The van der Waals surface area contributed by atoms with Crippen LogP contribution in [0.25, 0.3) is 0 Å². The third-order valence-electron chi connectivity index (χ3n) is 3.61. The SMILES string of the molecule is CC.c1cncc(B2OB(c3cccnc3)OB(c3cccnc3)O2)c1. The Morgan fingerprint density at radius 1 is 0.577 bits per heavy atom. The quantitative estimate of drug-likeness (QED) is 0.643. The first-order valence-corrected chi connectivity index (χ1v) is 8.56. The van der Waals surface area contributed by atoms with Crippen molar-refractivity contribution in [1.82, 2.24) is 15.0 Å². The fraction of sp³-hybridized carbons (Fsp3) is 0.118. The second-order valence-corrected chi connectivity index (χ2v) is 5.26. The third kappa shape index (κ3) is 4.38. The van der Waals surface area contributed by atoms with Gasteiger partial charge in [0.15, 0.2) is 0 Å². The molecule has 0 atom stereocenters. The van der Waals surface area contributed by atoms with E-state index in [0.717, 1.165) is 16.4 Å². The van der Waals surface area contributed by atoms with Gasteiger partial charge in [-0.3, -0.25) is 15.0 Å². The molecule has 1 saturated heterocycles. The molecule has 6 nitrogen and oxygen atoms in total. The molecule has 26 heavy (non-hydrogen) atoms. The summed E-state index contributed by atoms with van der Waals surface area (Å²) >= 11 is 0. The van der Waals surface area contributed by atoms with Gasteiger partial charge in [0.2, 0.25) is 0 Å². The maximum absolute atomic E-state index is 5.97. The van der Waals surface area contributed by atoms with Crippen LogP contribution in [-0.4, -0.2) is 36.3 Å². The van der Waals surface area contributed by atoms with Crippen molar-refractivity contribution in [3.63, 3.8) is 0 Å². The van der Waals surface area contributed by atoms with Crippen molar-refractivity contribution in [2.75, 3.05) is 0 Å². The van der Waals surface area contributed by atoms with E-state index in [9.17, 15) is 0 Å². The van der Waals surface area contributed by atoms with Crippen LogP contribution < -0.4 is 16.4 Å². The van der Waals surface area contributed by atoms with Gasteiger partial charge >= 0.3 is 21.4 Å². The van der Waals surface area contributed by atoms with E-state index >= 15 is 0 Å². The zero-order chi connectivity index (χ0) is 18.2. The fourth-order valence-corrected chi connectivity index (χ4v) is 2.45. The van der Waals surface area contributed by atoms with E-state index in [1.165, 1.54) is 0 Å². The highest BCUT2D eigenvalue weighted by atomic mass is 16.7. The van der Waals surface area contributed by atoms with E-state index in [-0.39, 0.29) is 0 Å². The van der Waals surface area contributed by atoms with Gasteiger partial charge in [0.1, 0.15) is 0 Å². The van der Waals surface area contributed by atoms with Crippen LogP contribution in [0.1, 0.15) is 13.8 Å². The summed E-state index contributed by atoms with van der Waals surface area (Å²) in [6, 6.07) is 11.2. The number of hydrogen-bond donors (Lipinski definition) is 0. The zero-order valence-corrected chi connectivity index (χ0v) is 14.7. The summed E-state index contributed by atoms with van der Waals surface area (Å²) in [4.78, 5) is 12.4. The van der Waals surface area contributed by atoms with Crippen LogP contribution in [-0.2, 0) is 13.7 Å². The molecule has 0 radical (unpaired) electrons. The summed E-state index contributed by atoms with van der Waals surface area (Å²) in [7, 11) is -1.78. The number of aromatic nitrogens is 3. The summed E-state index contributed by atoms with van der Waals surface area (Å²) in [6.45, 7) is 4.00. The van der Waals surface area contributed by atoms with Crippen molar-refractivity contribution in [2.45, 2.75) is 13.8 Å². The highest BCUT2D eigenvalue weighted by molar-refractivity contribution is 6.87. The van der Waals surface area contributed by atoms with Crippen LogP contribution in [0.4, 0.5) is 0 Å². The van der Waals surface area contributed by atoms with Gasteiger partial charge in [-0.15, -0.1) is 0 Å². The molecule has 1 aliphatic rings. The van der Waals surface area contributed by atoms with Crippen molar-refractivity contribution in [3.05, 3.63) is 73.6 Å². The lowest BCUT2D eigenvalue weighted by atomic mass is 9.62. The van der Waals surface area contributed by atoms with Gasteiger partial charge in [-0.1, -0.05) is 32.0 Å². The molecule has 4 heterocycles. The Hall–Kier alpha value is -2.48. The Kier molecular flexibility index (Phi) is 6.54. The first-order chi connectivity index (χ1) is 12.9. The molecule has 4 rings (SSSR count). The smallest absolute Gasteiger partial charge is 0.444 e. The number of nitrogens with zero attached hydrogens (tertiary/aromatic N) is 3. The van der Waals surface area contributed by atoms with Crippen LogP contribution in [0, 0.1) is 0 Å². The Bertz CT molecular complexity index is 670. The first-order valence-electron chi connectivity index (χ1n) is 8.56. The minimum Gasteiger partial charge on any atom is -0.444 e. The summed E-state index contributed by atoms with van der Waals surface area (Å²) in [5.74, 6) is 0. The average molecular weight is 345 g/mol. The van der Waals surface area contributed by atoms with Crippen LogP contribution >= 0.6 is 0 Å². The van der Waals surface area contributed by atoms with E-state index in [1.807, 2.05) is 50.2 Å². The normalized spacial score (nSPS) is 13.8. The molecule has 3 aromatic heterocycles. The van der Waals surface area contributed by atoms with Gasteiger partial charge < -0.3 is 13.7 Å².